The second kappa shape index (κ2) is 8.09. The van der Waals surface area contributed by atoms with Gasteiger partial charge in [-0.1, -0.05) is 0 Å². The Kier molecular flexibility index (Phi) is 5.85. The van der Waals surface area contributed by atoms with Crippen LogP contribution in [-0.4, -0.2) is 33.2 Å². The van der Waals surface area contributed by atoms with Crippen molar-refractivity contribution in [3.8, 4) is 11.5 Å². The number of rotatable bonds is 8. The van der Waals surface area contributed by atoms with E-state index in [2.05, 4.69) is 10.6 Å². The second-order valence-electron chi connectivity index (χ2n) is 4.63. The molecule has 118 valence electrons. The number of carbonyl (C=O) groups is 1. The average Bonchev–Trinajstić information content (AvgIpc) is 3.07. The number of amides is 1. The van der Waals surface area contributed by atoms with E-state index in [-0.39, 0.29) is 5.91 Å². The quantitative estimate of drug-likeness (QED) is 0.728. The maximum atomic E-state index is 12.1. The molecule has 0 saturated carbocycles. The van der Waals surface area contributed by atoms with E-state index in [0.717, 1.165) is 5.56 Å². The summed E-state index contributed by atoms with van der Waals surface area (Å²) in [6.07, 6.45) is 3.32. The van der Waals surface area contributed by atoms with Crippen LogP contribution in [-0.2, 0) is 6.54 Å². The van der Waals surface area contributed by atoms with Gasteiger partial charge in [0.2, 0.25) is 0 Å². The van der Waals surface area contributed by atoms with Gasteiger partial charge in [0.25, 0.3) is 5.91 Å². The summed E-state index contributed by atoms with van der Waals surface area (Å²) in [4.78, 5) is 12.1. The smallest absolute Gasteiger partial charge is 0.251 e. The molecule has 0 unspecified atom stereocenters. The lowest BCUT2D eigenvalue weighted by atomic mass is 10.2. The van der Waals surface area contributed by atoms with Gasteiger partial charge in [-0.25, -0.2) is 0 Å². The average molecular weight is 304 g/mol. The van der Waals surface area contributed by atoms with Crippen LogP contribution in [0.2, 0.25) is 0 Å². The molecule has 2 aromatic rings. The van der Waals surface area contributed by atoms with Crippen LogP contribution in [0, 0.1) is 0 Å². The van der Waals surface area contributed by atoms with Crippen LogP contribution < -0.4 is 20.1 Å². The molecule has 0 radical (unpaired) electrons. The molecule has 1 amide bonds. The molecule has 0 aliphatic carbocycles. The molecule has 0 spiro atoms. The molecule has 0 bridgehead atoms. The molecule has 0 atom stereocenters. The molecule has 22 heavy (non-hydrogen) atoms. The lowest BCUT2D eigenvalue weighted by Gasteiger charge is -2.10. The maximum absolute atomic E-state index is 12.1. The highest BCUT2D eigenvalue weighted by molar-refractivity contribution is 5.94. The summed E-state index contributed by atoms with van der Waals surface area (Å²) in [7, 11) is 3.10. The molecule has 6 nitrogen and oxygen atoms in total. The van der Waals surface area contributed by atoms with E-state index in [9.17, 15) is 4.79 Å². The van der Waals surface area contributed by atoms with Crippen molar-refractivity contribution >= 4 is 5.91 Å². The van der Waals surface area contributed by atoms with Crippen LogP contribution in [0.4, 0.5) is 0 Å². The van der Waals surface area contributed by atoms with E-state index in [1.807, 2.05) is 6.07 Å². The Bertz CT molecular complexity index is 596. The summed E-state index contributed by atoms with van der Waals surface area (Å²) in [5.41, 5.74) is 1.61. The molecule has 2 N–H and O–H groups in total. The number of furan rings is 1. The first kappa shape index (κ1) is 15.9. The Morgan fingerprint density at radius 3 is 2.64 bits per heavy atom. The van der Waals surface area contributed by atoms with E-state index in [1.54, 1.807) is 44.9 Å². The van der Waals surface area contributed by atoms with Crippen molar-refractivity contribution in [2.45, 2.75) is 6.54 Å². The molecule has 6 heteroatoms. The van der Waals surface area contributed by atoms with Gasteiger partial charge in [0.1, 0.15) is 0 Å². The number of hydrogen-bond acceptors (Lipinski definition) is 5. The summed E-state index contributed by atoms with van der Waals surface area (Å²) in [5, 5.41) is 6.06. The Balaban J connectivity index is 1.77. The van der Waals surface area contributed by atoms with Gasteiger partial charge in [0.05, 0.1) is 26.7 Å². The van der Waals surface area contributed by atoms with E-state index in [4.69, 9.17) is 13.9 Å². The van der Waals surface area contributed by atoms with Crippen LogP contribution in [0.1, 0.15) is 15.9 Å². The van der Waals surface area contributed by atoms with Crippen molar-refractivity contribution in [1.82, 2.24) is 10.6 Å². The van der Waals surface area contributed by atoms with Gasteiger partial charge >= 0.3 is 0 Å². The summed E-state index contributed by atoms with van der Waals surface area (Å²) in [6, 6.07) is 6.97. The number of benzene rings is 1. The number of hydrogen-bond donors (Lipinski definition) is 2. The molecular weight excluding hydrogens is 284 g/mol. The summed E-state index contributed by atoms with van der Waals surface area (Å²) >= 11 is 0. The van der Waals surface area contributed by atoms with Crippen LogP contribution >= 0.6 is 0 Å². The Labute approximate surface area is 129 Å². The lowest BCUT2D eigenvalue weighted by molar-refractivity contribution is 0.0953. The molecule has 0 aliphatic heterocycles. The monoisotopic (exact) mass is 304 g/mol. The van der Waals surface area contributed by atoms with Crippen molar-refractivity contribution in [3.63, 3.8) is 0 Å². The molecule has 1 aromatic heterocycles. The van der Waals surface area contributed by atoms with Crippen molar-refractivity contribution in [2.24, 2.45) is 0 Å². The minimum absolute atomic E-state index is 0.147. The first-order valence-electron chi connectivity index (χ1n) is 6.96. The topological polar surface area (TPSA) is 72.7 Å². The van der Waals surface area contributed by atoms with Crippen LogP contribution in [0.25, 0.3) is 0 Å². The highest BCUT2D eigenvalue weighted by atomic mass is 16.5. The van der Waals surface area contributed by atoms with Gasteiger partial charge in [-0.15, -0.1) is 0 Å². The first-order chi connectivity index (χ1) is 10.7. The third-order valence-corrected chi connectivity index (χ3v) is 3.14. The minimum atomic E-state index is -0.147. The lowest BCUT2D eigenvalue weighted by Crippen LogP contribution is -2.31. The molecular formula is C16H20N2O4. The third kappa shape index (κ3) is 4.26. The van der Waals surface area contributed by atoms with Gasteiger partial charge < -0.3 is 24.5 Å². The normalized spacial score (nSPS) is 10.3. The maximum Gasteiger partial charge on any atom is 0.251 e. The molecule has 0 fully saturated rings. The Hall–Kier alpha value is -2.47. The summed E-state index contributed by atoms with van der Waals surface area (Å²) < 4.78 is 15.3. The zero-order chi connectivity index (χ0) is 15.8. The number of ether oxygens (including phenoxy) is 2. The largest absolute Gasteiger partial charge is 0.493 e. The van der Waals surface area contributed by atoms with E-state index in [1.165, 1.54) is 0 Å². The fraction of sp³-hybridized carbons (Fsp3) is 0.312. The zero-order valence-corrected chi connectivity index (χ0v) is 12.7. The predicted octanol–water partition coefficient (Wildman–Crippen LogP) is 1.82. The SMILES string of the molecule is COc1ccc(C(=O)NCCNCc2ccoc2)cc1OC. The van der Waals surface area contributed by atoms with Crippen molar-refractivity contribution in [2.75, 3.05) is 27.3 Å². The standard InChI is InChI=1S/C16H20N2O4/c1-20-14-4-3-13(9-15(14)21-2)16(19)18-7-6-17-10-12-5-8-22-11-12/h3-5,8-9,11,17H,6-7,10H2,1-2H3,(H,18,19). The van der Waals surface area contributed by atoms with Crippen molar-refractivity contribution in [1.29, 1.82) is 0 Å². The van der Waals surface area contributed by atoms with Gasteiger partial charge in [0.15, 0.2) is 11.5 Å². The number of methoxy groups -OCH3 is 2. The highest BCUT2D eigenvalue weighted by Crippen LogP contribution is 2.27. The van der Waals surface area contributed by atoms with Gasteiger partial charge in [-0.2, -0.15) is 0 Å². The molecule has 1 heterocycles. The third-order valence-electron chi connectivity index (χ3n) is 3.14. The summed E-state index contributed by atoms with van der Waals surface area (Å²) in [5.74, 6) is 0.986. The van der Waals surface area contributed by atoms with E-state index in [0.29, 0.717) is 36.7 Å². The predicted molar refractivity (Wildman–Crippen MR) is 82.3 cm³/mol. The highest BCUT2D eigenvalue weighted by Gasteiger charge is 2.10. The molecule has 1 aromatic carbocycles. The molecule has 2 rings (SSSR count). The minimum Gasteiger partial charge on any atom is -0.493 e. The van der Waals surface area contributed by atoms with Crippen molar-refractivity contribution < 1.29 is 18.7 Å². The summed E-state index contributed by atoms with van der Waals surface area (Å²) in [6.45, 7) is 1.91. The van der Waals surface area contributed by atoms with E-state index >= 15 is 0 Å². The fourth-order valence-electron chi connectivity index (χ4n) is 1.97. The number of carbonyl (C=O) groups excluding carboxylic acids is 1. The molecule has 0 aliphatic rings. The Morgan fingerprint density at radius 1 is 1.14 bits per heavy atom. The van der Waals surface area contributed by atoms with Crippen LogP contribution in [0.15, 0.2) is 41.2 Å². The van der Waals surface area contributed by atoms with Crippen LogP contribution in [0.5, 0.6) is 11.5 Å². The van der Waals surface area contributed by atoms with Crippen molar-refractivity contribution in [3.05, 3.63) is 47.9 Å². The second-order valence-corrected chi connectivity index (χ2v) is 4.63. The first-order valence-corrected chi connectivity index (χ1v) is 6.96. The van der Waals surface area contributed by atoms with Gasteiger partial charge in [-0.3, -0.25) is 4.79 Å². The van der Waals surface area contributed by atoms with Gasteiger partial charge in [-0.05, 0) is 24.3 Å². The number of nitrogens with one attached hydrogen (secondary N) is 2. The molecule has 0 saturated heterocycles. The Morgan fingerprint density at radius 2 is 1.95 bits per heavy atom. The van der Waals surface area contributed by atoms with E-state index < -0.39 is 0 Å². The van der Waals surface area contributed by atoms with Crippen LogP contribution in [0.3, 0.4) is 0 Å². The zero-order valence-electron chi connectivity index (χ0n) is 12.7. The van der Waals surface area contributed by atoms with Gasteiger partial charge in [0, 0.05) is 30.8 Å². The fourth-order valence-corrected chi connectivity index (χ4v) is 1.97.